The molecule has 0 spiro atoms. The summed E-state index contributed by atoms with van der Waals surface area (Å²) in [6.07, 6.45) is 1.07. The Morgan fingerprint density at radius 3 is 2.67 bits per heavy atom. The monoisotopic (exact) mass is 297 g/mol. The minimum absolute atomic E-state index is 0.752. The van der Waals surface area contributed by atoms with E-state index in [0.717, 1.165) is 35.9 Å². The lowest BCUT2D eigenvalue weighted by Crippen LogP contribution is -2.22. The molecule has 0 bridgehead atoms. The fraction of sp³-hybridized carbons (Fsp3) is 0.176. The van der Waals surface area contributed by atoms with Crippen molar-refractivity contribution < 1.29 is 0 Å². The topological polar surface area (TPSA) is 39.9 Å². The Labute approximate surface area is 128 Å². The van der Waals surface area contributed by atoms with Gasteiger partial charge in [-0.1, -0.05) is 11.6 Å². The van der Waals surface area contributed by atoms with Crippen LogP contribution in [0.15, 0.2) is 42.5 Å². The van der Waals surface area contributed by atoms with E-state index < -0.39 is 0 Å². The van der Waals surface area contributed by atoms with Gasteiger partial charge in [-0.2, -0.15) is 0 Å². The standard InChI is InChI=1S/C17H16ClN3/c18-11-1-3-12(4-2-11)20-13-5-6-16-14(9-13)15-10-19-8-7-17(15)21-16/h1-6,9,19-21H,7-8,10H2. The van der Waals surface area contributed by atoms with Crippen molar-refractivity contribution in [3.8, 4) is 0 Å². The summed E-state index contributed by atoms with van der Waals surface area (Å²) < 4.78 is 0. The maximum Gasteiger partial charge on any atom is 0.0460 e. The van der Waals surface area contributed by atoms with Crippen LogP contribution in [0.5, 0.6) is 0 Å². The minimum Gasteiger partial charge on any atom is -0.358 e. The molecule has 2 aromatic carbocycles. The summed E-state index contributed by atoms with van der Waals surface area (Å²) in [5.41, 5.74) is 6.12. The second kappa shape index (κ2) is 5.10. The number of hydrogen-bond acceptors (Lipinski definition) is 2. The van der Waals surface area contributed by atoms with E-state index in [2.05, 4.69) is 33.8 Å². The van der Waals surface area contributed by atoms with E-state index in [-0.39, 0.29) is 0 Å². The quantitative estimate of drug-likeness (QED) is 0.663. The Kier molecular flexibility index (Phi) is 3.09. The highest BCUT2D eigenvalue weighted by molar-refractivity contribution is 6.30. The van der Waals surface area contributed by atoms with E-state index in [4.69, 9.17) is 11.6 Å². The van der Waals surface area contributed by atoms with Crippen LogP contribution in [0.3, 0.4) is 0 Å². The number of halogens is 1. The number of aromatic amines is 1. The molecule has 21 heavy (non-hydrogen) atoms. The van der Waals surface area contributed by atoms with Gasteiger partial charge >= 0.3 is 0 Å². The van der Waals surface area contributed by atoms with E-state index in [1.807, 2.05) is 24.3 Å². The number of H-pyrrole nitrogens is 1. The van der Waals surface area contributed by atoms with E-state index >= 15 is 0 Å². The molecule has 0 aliphatic carbocycles. The highest BCUT2D eigenvalue weighted by atomic mass is 35.5. The largest absolute Gasteiger partial charge is 0.358 e. The van der Waals surface area contributed by atoms with Crippen molar-refractivity contribution in [1.82, 2.24) is 10.3 Å². The normalized spacial score (nSPS) is 14.1. The van der Waals surface area contributed by atoms with Gasteiger partial charge in [0.25, 0.3) is 0 Å². The van der Waals surface area contributed by atoms with Gasteiger partial charge in [-0.15, -0.1) is 0 Å². The van der Waals surface area contributed by atoms with Gasteiger partial charge in [0.1, 0.15) is 0 Å². The van der Waals surface area contributed by atoms with Gasteiger partial charge in [-0.05, 0) is 48.0 Å². The van der Waals surface area contributed by atoms with Gasteiger partial charge in [-0.25, -0.2) is 0 Å². The minimum atomic E-state index is 0.752. The number of fused-ring (bicyclic) bond motifs is 3. The summed E-state index contributed by atoms with van der Waals surface area (Å²) in [4.78, 5) is 3.53. The zero-order valence-electron chi connectivity index (χ0n) is 11.5. The van der Waals surface area contributed by atoms with Crippen LogP contribution in [0, 0.1) is 0 Å². The van der Waals surface area contributed by atoms with Gasteiger partial charge in [0.05, 0.1) is 0 Å². The van der Waals surface area contributed by atoms with Crippen LogP contribution in [-0.2, 0) is 13.0 Å². The van der Waals surface area contributed by atoms with Crippen LogP contribution < -0.4 is 10.6 Å². The number of rotatable bonds is 2. The number of hydrogen-bond donors (Lipinski definition) is 3. The van der Waals surface area contributed by atoms with Crippen molar-refractivity contribution in [3.63, 3.8) is 0 Å². The van der Waals surface area contributed by atoms with Crippen LogP contribution in [-0.4, -0.2) is 11.5 Å². The summed E-state index contributed by atoms with van der Waals surface area (Å²) in [6.45, 7) is 2.00. The molecule has 0 radical (unpaired) electrons. The lowest BCUT2D eigenvalue weighted by molar-refractivity contribution is 0.641. The molecule has 0 atom stereocenters. The molecule has 0 unspecified atom stereocenters. The number of anilines is 2. The SMILES string of the molecule is Clc1ccc(Nc2ccc3[nH]c4c(c3c2)CNCC4)cc1. The van der Waals surface area contributed by atoms with Crippen molar-refractivity contribution >= 4 is 33.9 Å². The van der Waals surface area contributed by atoms with Crippen LogP contribution in [0.25, 0.3) is 10.9 Å². The van der Waals surface area contributed by atoms with E-state index in [1.165, 1.54) is 22.2 Å². The lowest BCUT2D eigenvalue weighted by atomic mass is 10.1. The number of aromatic nitrogens is 1. The summed E-state index contributed by atoms with van der Waals surface area (Å²) in [7, 11) is 0. The molecule has 4 heteroatoms. The summed E-state index contributed by atoms with van der Waals surface area (Å²) in [5.74, 6) is 0. The first kappa shape index (κ1) is 12.7. The smallest absolute Gasteiger partial charge is 0.0460 e. The van der Waals surface area contributed by atoms with Gasteiger partial charge in [0.15, 0.2) is 0 Å². The average molecular weight is 298 g/mol. The maximum atomic E-state index is 5.92. The molecule has 2 heterocycles. The zero-order chi connectivity index (χ0) is 14.2. The first-order valence-corrected chi connectivity index (χ1v) is 7.54. The maximum absolute atomic E-state index is 5.92. The third-order valence-corrected chi connectivity index (χ3v) is 4.23. The van der Waals surface area contributed by atoms with Crippen molar-refractivity contribution in [1.29, 1.82) is 0 Å². The summed E-state index contributed by atoms with van der Waals surface area (Å²) in [5, 5.41) is 8.92. The van der Waals surface area contributed by atoms with Gasteiger partial charge in [0.2, 0.25) is 0 Å². The van der Waals surface area contributed by atoms with Gasteiger partial charge in [-0.3, -0.25) is 0 Å². The highest BCUT2D eigenvalue weighted by Crippen LogP contribution is 2.29. The fourth-order valence-corrected chi connectivity index (χ4v) is 3.05. The van der Waals surface area contributed by atoms with Crippen LogP contribution in [0.4, 0.5) is 11.4 Å². The molecule has 1 aromatic heterocycles. The van der Waals surface area contributed by atoms with Crippen molar-refractivity contribution in [2.24, 2.45) is 0 Å². The molecule has 1 aliphatic rings. The van der Waals surface area contributed by atoms with Gasteiger partial charge in [0, 0.05) is 52.5 Å². The number of benzene rings is 2. The molecule has 3 N–H and O–H groups in total. The molecule has 1 aliphatic heterocycles. The second-order valence-electron chi connectivity index (χ2n) is 5.40. The summed E-state index contributed by atoms with van der Waals surface area (Å²) in [6, 6.07) is 14.2. The Morgan fingerprint density at radius 1 is 1.00 bits per heavy atom. The zero-order valence-corrected chi connectivity index (χ0v) is 12.3. The third-order valence-electron chi connectivity index (χ3n) is 3.98. The Hall–Kier alpha value is -1.97. The van der Waals surface area contributed by atoms with Crippen LogP contribution in [0.1, 0.15) is 11.3 Å². The second-order valence-corrected chi connectivity index (χ2v) is 5.84. The van der Waals surface area contributed by atoms with E-state index in [9.17, 15) is 0 Å². The Balaban J connectivity index is 1.71. The van der Waals surface area contributed by atoms with Crippen molar-refractivity contribution in [2.45, 2.75) is 13.0 Å². The molecule has 4 rings (SSSR count). The molecule has 106 valence electrons. The van der Waals surface area contributed by atoms with Gasteiger partial charge < -0.3 is 15.6 Å². The molecule has 3 nitrogen and oxygen atoms in total. The van der Waals surface area contributed by atoms with Crippen molar-refractivity contribution in [2.75, 3.05) is 11.9 Å². The van der Waals surface area contributed by atoms with Crippen LogP contribution in [0.2, 0.25) is 5.02 Å². The predicted molar refractivity (Wildman–Crippen MR) is 88.4 cm³/mol. The van der Waals surface area contributed by atoms with E-state index in [0.29, 0.717) is 0 Å². The molecule has 0 amide bonds. The molecular weight excluding hydrogens is 282 g/mol. The molecule has 3 aromatic rings. The third kappa shape index (κ3) is 2.39. The summed E-state index contributed by atoms with van der Waals surface area (Å²) >= 11 is 5.92. The lowest BCUT2D eigenvalue weighted by Gasteiger charge is -2.12. The average Bonchev–Trinajstić information content (AvgIpc) is 2.88. The molecule has 0 saturated carbocycles. The van der Waals surface area contributed by atoms with E-state index in [1.54, 1.807) is 0 Å². The Bertz CT molecular complexity index is 790. The van der Waals surface area contributed by atoms with Crippen molar-refractivity contribution in [3.05, 3.63) is 58.7 Å². The molecular formula is C17H16ClN3. The predicted octanol–water partition coefficient (Wildman–Crippen LogP) is 4.21. The first-order valence-electron chi connectivity index (χ1n) is 7.16. The molecule has 0 saturated heterocycles. The fourth-order valence-electron chi connectivity index (χ4n) is 2.92. The highest BCUT2D eigenvalue weighted by Gasteiger charge is 2.14. The first-order chi connectivity index (χ1) is 10.3. The Morgan fingerprint density at radius 2 is 1.81 bits per heavy atom. The molecule has 0 fully saturated rings. The number of nitrogens with one attached hydrogen (secondary N) is 3. The van der Waals surface area contributed by atoms with Crippen LogP contribution >= 0.6 is 11.6 Å².